The standard InChI is InChI=1S/C22H31N3O3/c1-22(2,14-4-5-19-20(10-14)27-9-8-26-19)13-24-21(23-3)25-11-15-16(12-25)18-7-6-17(15)28-18/h4-5,10,15-18H,6-9,11-13H2,1-3H3,(H,23,24). The Morgan fingerprint density at radius 1 is 1.11 bits per heavy atom. The van der Waals surface area contributed by atoms with Gasteiger partial charge >= 0.3 is 0 Å². The molecule has 5 rings (SSSR count). The van der Waals surface area contributed by atoms with Gasteiger partial charge in [-0.05, 0) is 30.5 Å². The van der Waals surface area contributed by atoms with Crippen molar-refractivity contribution in [3.05, 3.63) is 23.8 Å². The molecule has 3 saturated heterocycles. The number of fused-ring (bicyclic) bond motifs is 6. The van der Waals surface area contributed by atoms with Crippen LogP contribution in [0.15, 0.2) is 23.2 Å². The summed E-state index contributed by atoms with van der Waals surface area (Å²) in [6, 6.07) is 6.29. The van der Waals surface area contributed by atoms with E-state index < -0.39 is 0 Å². The van der Waals surface area contributed by atoms with E-state index in [9.17, 15) is 0 Å². The summed E-state index contributed by atoms with van der Waals surface area (Å²) in [5.41, 5.74) is 1.19. The summed E-state index contributed by atoms with van der Waals surface area (Å²) in [6.07, 6.45) is 3.44. The molecular formula is C22H31N3O3. The van der Waals surface area contributed by atoms with E-state index in [1.54, 1.807) is 0 Å². The van der Waals surface area contributed by atoms with Gasteiger partial charge < -0.3 is 24.4 Å². The number of likely N-dealkylation sites (tertiary alicyclic amines) is 1. The van der Waals surface area contributed by atoms with Crippen molar-refractivity contribution in [3.8, 4) is 11.5 Å². The van der Waals surface area contributed by atoms with Crippen LogP contribution in [0.3, 0.4) is 0 Å². The molecule has 0 radical (unpaired) electrons. The van der Waals surface area contributed by atoms with Crippen LogP contribution >= 0.6 is 0 Å². The maximum atomic E-state index is 6.11. The van der Waals surface area contributed by atoms with Gasteiger partial charge in [-0.3, -0.25) is 4.99 Å². The van der Waals surface area contributed by atoms with E-state index in [2.05, 4.69) is 41.2 Å². The molecule has 2 bridgehead atoms. The molecule has 0 aliphatic carbocycles. The number of guanidine groups is 1. The number of nitrogens with one attached hydrogen (secondary N) is 1. The second-order valence-electron chi connectivity index (χ2n) is 9.17. The Morgan fingerprint density at radius 3 is 2.46 bits per heavy atom. The van der Waals surface area contributed by atoms with Crippen LogP contribution in [-0.2, 0) is 10.2 Å². The second kappa shape index (κ2) is 6.83. The predicted octanol–water partition coefficient (Wildman–Crippen LogP) is 2.42. The lowest BCUT2D eigenvalue weighted by Gasteiger charge is -2.30. The Balaban J connectivity index is 1.24. The molecule has 0 aromatic heterocycles. The summed E-state index contributed by atoms with van der Waals surface area (Å²) in [5.74, 6) is 4.07. The molecule has 4 heterocycles. The number of hydrogen-bond donors (Lipinski definition) is 1. The van der Waals surface area contributed by atoms with Crippen LogP contribution in [0.5, 0.6) is 11.5 Å². The molecule has 4 aliphatic heterocycles. The van der Waals surface area contributed by atoms with Gasteiger partial charge in [0.15, 0.2) is 17.5 Å². The minimum absolute atomic E-state index is 0.0521. The number of ether oxygens (including phenoxy) is 3. The Kier molecular flexibility index (Phi) is 4.42. The number of benzene rings is 1. The zero-order valence-corrected chi connectivity index (χ0v) is 17.1. The highest BCUT2D eigenvalue weighted by Gasteiger charge is 2.53. The molecule has 6 heteroatoms. The van der Waals surface area contributed by atoms with Crippen molar-refractivity contribution in [2.24, 2.45) is 16.8 Å². The van der Waals surface area contributed by atoms with Crippen LogP contribution < -0.4 is 14.8 Å². The Hall–Kier alpha value is -1.95. The van der Waals surface area contributed by atoms with E-state index >= 15 is 0 Å². The Labute approximate surface area is 167 Å². The number of nitrogens with zero attached hydrogens (tertiary/aromatic N) is 2. The highest BCUT2D eigenvalue weighted by atomic mass is 16.6. The second-order valence-corrected chi connectivity index (χ2v) is 9.17. The van der Waals surface area contributed by atoms with Crippen LogP contribution in [0.2, 0.25) is 0 Å². The summed E-state index contributed by atoms with van der Waals surface area (Å²) in [4.78, 5) is 7.01. The van der Waals surface area contributed by atoms with Crippen LogP contribution in [-0.4, -0.2) is 63.0 Å². The van der Waals surface area contributed by atoms with E-state index in [-0.39, 0.29) is 5.41 Å². The van der Waals surface area contributed by atoms with Crippen molar-refractivity contribution < 1.29 is 14.2 Å². The van der Waals surface area contributed by atoms with Crippen molar-refractivity contribution in [2.75, 3.05) is 39.9 Å². The van der Waals surface area contributed by atoms with Gasteiger partial charge in [-0.25, -0.2) is 0 Å². The van der Waals surface area contributed by atoms with Crippen molar-refractivity contribution in [2.45, 2.75) is 44.3 Å². The molecule has 1 N–H and O–H groups in total. The average molecular weight is 386 g/mol. The lowest BCUT2D eigenvalue weighted by Crippen LogP contribution is -2.45. The normalized spacial score (nSPS) is 31.2. The van der Waals surface area contributed by atoms with Crippen LogP contribution in [0.25, 0.3) is 0 Å². The Bertz CT molecular complexity index is 760. The van der Waals surface area contributed by atoms with Crippen LogP contribution in [0, 0.1) is 11.8 Å². The fourth-order valence-electron chi connectivity index (χ4n) is 5.33. The molecular weight excluding hydrogens is 354 g/mol. The van der Waals surface area contributed by atoms with E-state index in [1.165, 1.54) is 18.4 Å². The van der Waals surface area contributed by atoms with Crippen molar-refractivity contribution in [3.63, 3.8) is 0 Å². The third-order valence-corrected chi connectivity index (χ3v) is 6.98. The molecule has 3 fully saturated rings. The Morgan fingerprint density at radius 2 is 1.79 bits per heavy atom. The molecule has 1 aromatic carbocycles. The monoisotopic (exact) mass is 385 g/mol. The molecule has 6 nitrogen and oxygen atoms in total. The quantitative estimate of drug-likeness (QED) is 0.640. The van der Waals surface area contributed by atoms with Gasteiger partial charge in [-0.2, -0.15) is 0 Å². The molecule has 0 saturated carbocycles. The lowest BCUT2D eigenvalue weighted by atomic mass is 9.82. The third kappa shape index (κ3) is 3.02. The average Bonchev–Trinajstić information content (AvgIpc) is 3.41. The third-order valence-electron chi connectivity index (χ3n) is 6.98. The van der Waals surface area contributed by atoms with E-state index in [4.69, 9.17) is 14.2 Å². The molecule has 0 amide bonds. The summed E-state index contributed by atoms with van der Waals surface area (Å²) in [7, 11) is 1.89. The fraction of sp³-hybridized carbons (Fsp3) is 0.682. The van der Waals surface area contributed by atoms with Crippen molar-refractivity contribution in [1.29, 1.82) is 0 Å². The fourth-order valence-corrected chi connectivity index (χ4v) is 5.33. The molecule has 4 aliphatic rings. The van der Waals surface area contributed by atoms with Gasteiger partial charge in [-0.15, -0.1) is 0 Å². The number of aliphatic imine (C=N–C) groups is 1. The molecule has 28 heavy (non-hydrogen) atoms. The summed E-state index contributed by atoms with van der Waals surface area (Å²) in [5, 5.41) is 3.63. The van der Waals surface area contributed by atoms with E-state index in [0.29, 0.717) is 37.3 Å². The smallest absolute Gasteiger partial charge is 0.193 e. The maximum absolute atomic E-state index is 6.11. The first kappa shape index (κ1) is 18.1. The molecule has 4 atom stereocenters. The maximum Gasteiger partial charge on any atom is 0.193 e. The van der Waals surface area contributed by atoms with Gasteiger partial charge in [0.1, 0.15) is 13.2 Å². The van der Waals surface area contributed by atoms with Crippen molar-refractivity contribution >= 4 is 5.96 Å². The first-order valence-corrected chi connectivity index (χ1v) is 10.6. The molecule has 4 unspecified atom stereocenters. The summed E-state index contributed by atoms with van der Waals surface area (Å²) < 4.78 is 17.5. The van der Waals surface area contributed by atoms with Crippen molar-refractivity contribution in [1.82, 2.24) is 10.2 Å². The zero-order valence-electron chi connectivity index (χ0n) is 17.1. The number of rotatable bonds is 3. The minimum atomic E-state index is -0.0521. The topological polar surface area (TPSA) is 55.3 Å². The van der Waals surface area contributed by atoms with E-state index in [1.807, 2.05) is 13.1 Å². The summed E-state index contributed by atoms with van der Waals surface area (Å²) >= 11 is 0. The summed E-state index contributed by atoms with van der Waals surface area (Å²) in [6.45, 7) is 8.69. The SMILES string of the molecule is CN=C(NCC(C)(C)c1ccc2c(c1)OCCO2)N1CC2C3CCC(O3)C2C1. The first-order valence-electron chi connectivity index (χ1n) is 10.6. The largest absolute Gasteiger partial charge is 0.486 e. The van der Waals surface area contributed by atoms with Gasteiger partial charge in [0.25, 0.3) is 0 Å². The van der Waals surface area contributed by atoms with Gasteiger partial charge in [-0.1, -0.05) is 19.9 Å². The first-order chi connectivity index (χ1) is 13.5. The van der Waals surface area contributed by atoms with Crippen LogP contribution in [0.4, 0.5) is 0 Å². The minimum Gasteiger partial charge on any atom is -0.486 e. The zero-order chi connectivity index (χ0) is 19.3. The van der Waals surface area contributed by atoms with E-state index in [0.717, 1.165) is 37.1 Å². The molecule has 0 spiro atoms. The van der Waals surface area contributed by atoms with Crippen LogP contribution in [0.1, 0.15) is 32.3 Å². The number of hydrogen-bond acceptors (Lipinski definition) is 4. The highest BCUT2D eigenvalue weighted by molar-refractivity contribution is 5.80. The van der Waals surface area contributed by atoms with Gasteiger partial charge in [0, 0.05) is 43.9 Å². The van der Waals surface area contributed by atoms with Gasteiger partial charge in [0.2, 0.25) is 0 Å². The lowest BCUT2D eigenvalue weighted by molar-refractivity contribution is 0.0767. The van der Waals surface area contributed by atoms with Gasteiger partial charge in [0.05, 0.1) is 12.2 Å². The highest BCUT2D eigenvalue weighted by Crippen LogP contribution is 2.47. The molecule has 1 aromatic rings. The molecule has 152 valence electrons. The predicted molar refractivity (Wildman–Crippen MR) is 108 cm³/mol.